The number of anilines is 12. The molecule has 565 valence electrons. The normalized spacial score (nSPS) is 13.0. The zero-order chi connectivity index (χ0) is 75.3. The molecule has 0 unspecified atom stereocenters. The number of hydrogen-bond acceptors (Lipinski definition) is 23. The summed E-state index contributed by atoms with van der Waals surface area (Å²) in [7, 11) is 0. The van der Waals surface area contributed by atoms with E-state index in [0.717, 1.165) is 180 Å². The molecule has 3 saturated heterocycles. The highest BCUT2D eigenvalue weighted by Gasteiger charge is 2.16. The Kier molecular flexibility index (Phi) is 33.8. The monoisotopic (exact) mass is 1530 g/mol. The van der Waals surface area contributed by atoms with Crippen molar-refractivity contribution in [2.24, 2.45) is 5.73 Å². The van der Waals surface area contributed by atoms with Crippen LogP contribution in [0.5, 0.6) is 0 Å². The van der Waals surface area contributed by atoms with E-state index in [-0.39, 0.29) is 38.5 Å². The van der Waals surface area contributed by atoms with Crippen LogP contribution in [0.15, 0.2) is 220 Å². The van der Waals surface area contributed by atoms with Gasteiger partial charge in [-0.1, -0.05) is 36.4 Å². The standard InChI is InChI=1S/C28H32N8O2.C22H22ClN5O2.C20H21N5O.C6H11N3.C2H2Cl2O.B/c37-27(20-29-11-1-14-35-15-13-30-21-35)32-23-4-2-22(3-5-23)26-10-12-31-28(34-26)33-24-6-8-25(9-7-24)36-16-18-38-19-17-36;23-15-21(29)25-17-3-1-16(2-4-17)20-9-10-24-22(27-20)26-18-5-7-19(8-6-18)28-11-13-30-14-12-28;21-16-3-1-15(2-4-16)19-9-10-22-20(24-19)23-17-5-7-18(8-6-17)25-11-13-26-14-12-25;7-2-1-4-9-5-3-8-6-9;3-1-2(4)5;/h2-10,12-13,15,21,29H,1,11,14,16-20H2,(H,32,37)(H,31,33,34);1-10H,11-15H2,(H,25,29)(H,24,26,27);1-10H,11-14,21H2,(H,22,23,24);3,5-6H,1-2,4,7H2;1H2;. The van der Waals surface area contributed by atoms with E-state index in [0.29, 0.717) is 23.5 Å². The Morgan fingerprint density at radius 3 is 1.10 bits per heavy atom. The zero-order valence-corrected chi connectivity index (χ0v) is 62.5. The van der Waals surface area contributed by atoms with Gasteiger partial charge in [0.25, 0.3) is 0 Å². The van der Waals surface area contributed by atoms with Crippen molar-refractivity contribution >= 4 is 129 Å². The highest BCUT2D eigenvalue weighted by atomic mass is 35.5. The average Bonchev–Trinajstić information content (AvgIpc) is 1.56. The lowest BCUT2D eigenvalue weighted by Crippen LogP contribution is -2.36. The Hall–Kier alpha value is -11.1. The molecule has 3 radical (unpaired) electrons. The Morgan fingerprint density at radius 1 is 0.431 bits per heavy atom. The lowest BCUT2D eigenvalue weighted by molar-refractivity contribution is -0.115. The number of amides is 2. The first-order valence-electron chi connectivity index (χ1n) is 35.3. The minimum Gasteiger partial charge on any atom is -0.399 e. The van der Waals surface area contributed by atoms with E-state index < -0.39 is 5.24 Å². The molecule has 3 fully saturated rings. The molecule has 27 nitrogen and oxygen atoms in total. The molecular formula is C78H88BCl3N21O6. The van der Waals surface area contributed by atoms with E-state index in [1.54, 1.807) is 43.6 Å². The number of nitrogens with two attached hydrogens (primary N) is 2. The van der Waals surface area contributed by atoms with Crippen LogP contribution in [0.25, 0.3) is 33.8 Å². The second-order valence-corrected chi connectivity index (χ2v) is 25.3. The number of rotatable bonds is 25. The first kappa shape index (κ1) is 82.0. The summed E-state index contributed by atoms with van der Waals surface area (Å²) in [5.74, 6) is 1.13. The van der Waals surface area contributed by atoms with Crippen molar-refractivity contribution in [2.75, 3.05) is 157 Å². The molecule has 5 aromatic heterocycles. The molecule has 0 spiro atoms. The predicted molar refractivity (Wildman–Crippen MR) is 436 cm³/mol. The van der Waals surface area contributed by atoms with E-state index in [1.807, 2.05) is 149 Å². The number of nitrogen functional groups attached to an aromatic ring is 1. The van der Waals surface area contributed by atoms with Crippen molar-refractivity contribution in [1.82, 2.24) is 54.3 Å². The van der Waals surface area contributed by atoms with Crippen LogP contribution in [-0.4, -0.2) is 185 Å². The fraction of sp³-hybridized carbons (Fsp3) is 0.269. The lowest BCUT2D eigenvalue weighted by Gasteiger charge is -2.28. The van der Waals surface area contributed by atoms with Crippen molar-refractivity contribution in [3.8, 4) is 33.8 Å². The summed E-state index contributed by atoms with van der Waals surface area (Å²) in [6.07, 6.45) is 18.2. The van der Waals surface area contributed by atoms with Gasteiger partial charge in [-0.3, -0.25) is 14.4 Å². The fourth-order valence-corrected chi connectivity index (χ4v) is 11.1. The summed E-state index contributed by atoms with van der Waals surface area (Å²) in [4.78, 5) is 74.8. The van der Waals surface area contributed by atoms with Crippen molar-refractivity contribution in [3.05, 3.63) is 220 Å². The van der Waals surface area contributed by atoms with Gasteiger partial charge in [-0.25, -0.2) is 39.9 Å². The van der Waals surface area contributed by atoms with Crippen LogP contribution in [0, 0.1) is 0 Å². The van der Waals surface area contributed by atoms with Crippen molar-refractivity contribution in [2.45, 2.75) is 25.9 Å². The number of carbonyl (C=O) groups excluding carboxylic acids is 3. The smallest absolute Gasteiger partial charge is 0.239 e. The molecule has 6 aromatic carbocycles. The highest BCUT2D eigenvalue weighted by molar-refractivity contribution is 6.67. The lowest BCUT2D eigenvalue weighted by atomic mass is 10.1. The summed E-state index contributed by atoms with van der Waals surface area (Å²) in [5.41, 5.74) is 24.9. The van der Waals surface area contributed by atoms with Crippen molar-refractivity contribution in [1.29, 1.82) is 0 Å². The quantitative estimate of drug-likeness (QED) is 0.00866. The largest absolute Gasteiger partial charge is 0.399 e. The molecule has 0 atom stereocenters. The number of imidazole rings is 2. The second-order valence-electron chi connectivity index (χ2n) is 24.4. The van der Waals surface area contributed by atoms with E-state index in [1.165, 1.54) is 17.1 Å². The third-order valence-electron chi connectivity index (χ3n) is 16.6. The number of nitrogens with zero attached hydrogens (tertiary/aromatic N) is 13. The SMILES string of the molecule is NCCCn1ccnc1.Nc1ccc(-c2ccnc(Nc3ccc(N4CCOCC4)cc3)n2)cc1.O=C(CCl)Nc1ccc(-c2ccnc(Nc3ccc(N4CCOCC4)cc3)n2)cc1.O=C(CNCCCn1ccnc1)Nc1ccc(-c2ccnc(Nc3ccc(N4CCOCC4)cc3)n2)cc1.O=C(Cl)CCl.[B]. The van der Waals surface area contributed by atoms with Gasteiger partial charge in [0.1, 0.15) is 5.88 Å². The molecule has 0 saturated carbocycles. The van der Waals surface area contributed by atoms with Gasteiger partial charge < -0.3 is 81.4 Å². The van der Waals surface area contributed by atoms with Gasteiger partial charge in [0, 0.05) is 172 Å². The maximum Gasteiger partial charge on any atom is 0.239 e. The van der Waals surface area contributed by atoms with Crippen LogP contribution in [0.3, 0.4) is 0 Å². The molecule has 3 aliphatic heterocycles. The second kappa shape index (κ2) is 44.9. The molecule has 31 heteroatoms. The van der Waals surface area contributed by atoms with Crippen LogP contribution in [-0.2, 0) is 41.7 Å². The maximum absolute atomic E-state index is 12.3. The average molecular weight is 1530 g/mol. The first-order chi connectivity index (χ1) is 52.9. The molecule has 11 aromatic rings. The number of hydrogen-bond donors (Lipinski definition) is 8. The van der Waals surface area contributed by atoms with E-state index in [9.17, 15) is 14.4 Å². The van der Waals surface area contributed by atoms with Crippen LogP contribution in [0.4, 0.5) is 69.0 Å². The zero-order valence-electron chi connectivity index (χ0n) is 60.3. The van der Waals surface area contributed by atoms with Crippen LogP contribution < -0.4 is 58.1 Å². The molecule has 2 amide bonds. The van der Waals surface area contributed by atoms with E-state index in [4.69, 9.17) is 60.5 Å². The summed E-state index contributed by atoms with van der Waals surface area (Å²) in [5, 5.41) is 18.1. The maximum atomic E-state index is 12.3. The molecule has 14 rings (SSSR count). The minimum atomic E-state index is -0.508. The summed E-state index contributed by atoms with van der Waals surface area (Å²) in [6.45, 7) is 13.7. The molecule has 0 bridgehead atoms. The summed E-state index contributed by atoms with van der Waals surface area (Å²) >= 11 is 15.1. The fourth-order valence-electron chi connectivity index (χ4n) is 11.1. The van der Waals surface area contributed by atoms with Gasteiger partial charge in [0.2, 0.25) is 34.9 Å². The molecule has 8 heterocycles. The Balaban J connectivity index is 0.000000174. The number of aryl methyl sites for hydroxylation is 2. The third kappa shape index (κ3) is 27.9. The third-order valence-corrected chi connectivity index (χ3v) is 17.4. The van der Waals surface area contributed by atoms with Gasteiger partial charge in [-0.05, 0) is 165 Å². The number of nitrogens with one attached hydrogen (secondary N) is 6. The topological polar surface area (TPSA) is 326 Å². The molecular weight excluding hydrogens is 1440 g/mol. The molecule has 0 aliphatic carbocycles. The Morgan fingerprint density at radius 2 is 0.771 bits per heavy atom. The van der Waals surface area contributed by atoms with Gasteiger partial charge >= 0.3 is 0 Å². The Labute approximate surface area is 651 Å². The van der Waals surface area contributed by atoms with Gasteiger partial charge in [-0.2, -0.15) is 0 Å². The van der Waals surface area contributed by atoms with Crippen LogP contribution >= 0.6 is 34.8 Å². The summed E-state index contributed by atoms with van der Waals surface area (Å²) < 4.78 is 20.3. The highest BCUT2D eigenvalue weighted by Crippen LogP contribution is 2.28. The van der Waals surface area contributed by atoms with Gasteiger partial charge in [-0.15, -0.1) is 23.2 Å². The molecule has 3 aliphatic rings. The predicted octanol–water partition coefficient (Wildman–Crippen LogP) is 11.6. The summed E-state index contributed by atoms with van der Waals surface area (Å²) in [6, 6.07) is 53.1. The number of benzene rings is 6. The minimum absolute atomic E-state index is 0. The van der Waals surface area contributed by atoms with Crippen LogP contribution in [0.1, 0.15) is 12.8 Å². The number of morpholine rings is 3. The van der Waals surface area contributed by atoms with Crippen molar-refractivity contribution < 1.29 is 28.6 Å². The van der Waals surface area contributed by atoms with E-state index >= 15 is 0 Å². The molecule has 109 heavy (non-hydrogen) atoms. The first-order valence-corrected chi connectivity index (χ1v) is 36.7. The number of halogens is 3. The number of carbonyl (C=O) groups is 3. The van der Waals surface area contributed by atoms with Gasteiger partial charge in [0.05, 0.1) is 81.8 Å². The number of ether oxygens (including phenoxy) is 3. The van der Waals surface area contributed by atoms with E-state index in [2.05, 4.69) is 123 Å². The number of alkyl halides is 2. The Bertz CT molecular complexity index is 4450. The van der Waals surface area contributed by atoms with Crippen LogP contribution in [0.2, 0.25) is 0 Å². The molecule has 10 N–H and O–H groups in total. The number of aromatic nitrogens is 10. The van der Waals surface area contributed by atoms with Gasteiger partial charge in [0.15, 0.2) is 0 Å². The van der Waals surface area contributed by atoms with Crippen molar-refractivity contribution in [3.63, 3.8) is 0 Å².